The molecule has 31 heavy (non-hydrogen) atoms. The molecule has 6 N–H and O–H groups in total. The van der Waals surface area contributed by atoms with Gasteiger partial charge >= 0.3 is 0 Å². The first-order valence-corrected chi connectivity index (χ1v) is 10.9. The number of primary amides is 1. The molecule has 9 heteroatoms. The minimum Gasteiger partial charge on any atom is -0.365 e. The average Bonchev–Trinajstić information content (AvgIpc) is 3.14. The van der Waals surface area contributed by atoms with Gasteiger partial charge in [0, 0.05) is 29.7 Å². The zero-order valence-electron chi connectivity index (χ0n) is 17.7. The molecule has 1 aromatic heterocycles. The molecule has 4 rings (SSSR count). The number of anilines is 1. The van der Waals surface area contributed by atoms with E-state index in [0.717, 1.165) is 55.2 Å². The minimum atomic E-state index is -1.46. The summed E-state index contributed by atoms with van der Waals surface area (Å²) in [5, 5.41) is 11.8. The Hall–Kier alpha value is -2.78. The first-order chi connectivity index (χ1) is 15.0. The van der Waals surface area contributed by atoms with Crippen molar-refractivity contribution in [3.05, 3.63) is 36.0 Å². The van der Waals surface area contributed by atoms with Crippen LogP contribution in [0.5, 0.6) is 0 Å². The Morgan fingerprint density at radius 1 is 1.32 bits per heavy atom. The summed E-state index contributed by atoms with van der Waals surface area (Å²) in [5.41, 5.74) is 13.5. The van der Waals surface area contributed by atoms with Gasteiger partial charge in [-0.15, -0.1) is 0 Å². The molecule has 1 aliphatic carbocycles. The Labute approximate surface area is 180 Å². The summed E-state index contributed by atoms with van der Waals surface area (Å²) >= 11 is 0. The van der Waals surface area contributed by atoms with Gasteiger partial charge in [0.25, 0.3) is 5.91 Å². The number of carbonyl (C=O) groups is 1. The Kier molecular flexibility index (Phi) is 6.33. The maximum absolute atomic E-state index is 14.8. The van der Waals surface area contributed by atoms with Crippen LogP contribution >= 0.6 is 0 Å². The van der Waals surface area contributed by atoms with E-state index in [9.17, 15) is 9.18 Å². The molecule has 2 aliphatic rings. The number of amidine groups is 1. The van der Waals surface area contributed by atoms with Gasteiger partial charge in [-0.25, -0.2) is 9.38 Å². The van der Waals surface area contributed by atoms with Crippen LogP contribution in [0, 0.1) is 0 Å². The van der Waals surface area contributed by atoms with Crippen molar-refractivity contribution in [1.82, 2.24) is 15.1 Å². The first-order valence-electron chi connectivity index (χ1n) is 10.9. The Morgan fingerprint density at radius 3 is 2.87 bits per heavy atom. The number of nitrogens with zero attached hydrogens (tertiary/aromatic N) is 3. The lowest BCUT2D eigenvalue weighted by Gasteiger charge is -2.34. The second-order valence-corrected chi connectivity index (χ2v) is 8.30. The van der Waals surface area contributed by atoms with Crippen LogP contribution in [0.25, 0.3) is 10.9 Å². The number of aryl methyl sites for hydroxylation is 1. The number of fused-ring (bicyclic) bond motifs is 1. The van der Waals surface area contributed by atoms with E-state index in [2.05, 4.69) is 27.6 Å². The van der Waals surface area contributed by atoms with Gasteiger partial charge in [0.2, 0.25) is 0 Å². The molecule has 1 saturated carbocycles. The summed E-state index contributed by atoms with van der Waals surface area (Å²) in [6.45, 7) is 2.94. The molecule has 4 atom stereocenters. The largest absolute Gasteiger partial charge is 0.365 e. The molecule has 8 nitrogen and oxygen atoms in total. The number of aliphatic imine (C=N–C) groups is 1. The highest BCUT2D eigenvalue weighted by molar-refractivity contribution is 6.25. The number of nitrogens with one attached hydrogen (secondary N) is 2. The predicted octanol–water partition coefficient (Wildman–Crippen LogP) is 2.21. The van der Waals surface area contributed by atoms with E-state index in [1.165, 1.54) is 6.08 Å². The third kappa shape index (κ3) is 4.62. The molecule has 2 unspecified atom stereocenters. The highest BCUT2D eigenvalue weighted by atomic mass is 19.1. The topological polar surface area (TPSA) is 123 Å². The van der Waals surface area contributed by atoms with E-state index >= 15 is 0 Å². The maximum Gasteiger partial charge on any atom is 0.252 e. The number of nitrogens with two attached hydrogens (primary N) is 2. The van der Waals surface area contributed by atoms with Gasteiger partial charge in [-0.1, -0.05) is 19.8 Å². The lowest BCUT2D eigenvalue weighted by Crippen LogP contribution is -2.54. The van der Waals surface area contributed by atoms with Gasteiger partial charge in [-0.2, -0.15) is 5.10 Å². The molecular formula is C22H30FN7O. The van der Waals surface area contributed by atoms with Gasteiger partial charge < -0.3 is 16.8 Å². The Balaban J connectivity index is 1.58. The first kappa shape index (κ1) is 21.5. The number of rotatable bonds is 6. The number of hydrogen-bond donors (Lipinski definition) is 4. The van der Waals surface area contributed by atoms with Crippen LogP contribution in [0.4, 0.5) is 10.1 Å². The summed E-state index contributed by atoms with van der Waals surface area (Å²) in [4.78, 5) is 16.4. The van der Waals surface area contributed by atoms with E-state index < -0.39 is 18.2 Å². The number of aromatic nitrogens is 2. The van der Waals surface area contributed by atoms with Gasteiger partial charge in [-0.05, 0) is 43.5 Å². The Bertz CT molecular complexity index is 1010. The van der Waals surface area contributed by atoms with Crippen molar-refractivity contribution >= 4 is 28.3 Å². The van der Waals surface area contributed by atoms with Crippen LogP contribution in [0.1, 0.15) is 39.0 Å². The third-order valence-corrected chi connectivity index (χ3v) is 5.96. The lowest BCUT2D eigenvalue weighted by atomic mass is 9.90. The fraction of sp³-hybridized carbons (Fsp3) is 0.500. The molecule has 0 bridgehead atoms. The van der Waals surface area contributed by atoms with Crippen LogP contribution in [0.3, 0.4) is 0 Å². The number of hydrogen-bond acceptors (Lipinski definition) is 6. The molecule has 0 saturated heterocycles. The molecule has 0 radical (unpaired) electrons. The number of alkyl halides is 1. The van der Waals surface area contributed by atoms with Crippen molar-refractivity contribution in [3.63, 3.8) is 0 Å². The predicted molar refractivity (Wildman–Crippen MR) is 120 cm³/mol. The van der Waals surface area contributed by atoms with Crippen molar-refractivity contribution < 1.29 is 9.18 Å². The van der Waals surface area contributed by atoms with E-state index in [4.69, 9.17) is 11.5 Å². The zero-order chi connectivity index (χ0) is 22.0. The van der Waals surface area contributed by atoms with Crippen LogP contribution < -0.4 is 22.1 Å². The van der Waals surface area contributed by atoms with Gasteiger partial charge in [-0.3, -0.25) is 14.8 Å². The summed E-state index contributed by atoms with van der Waals surface area (Å²) < 4.78 is 16.8. The van der Waals surface area contributed by atoms with E-state index in [1.807, 2.05) is 22.9 Å². The summed E-state index contributed by atoms with van der Waals surface area (Å²) in [6, 6.07) is 5.74. The second kappa shape index (κ2) is 9.15. The highest BCUT2D eigenvalue weighted by Crippen LogP contribution is 2.24. The summed E-state index contributed by atoms with van der Waals surface area (Å²) in [7, 11) is 0. The van der Waals surface area contributed by atoms with Crippen molar-refractivity contribution in [1.29, 1.82) is 0 Å². The smallest absolute Gasteiger partial charge is 0.252 e. The van der Waals surface area contributed by atoms with Gasteiger partial charge in [0.05, 0.1) is 17.3 Å². The second-order valence-electron chi connectivity index (χ2n) is 8.30. The standard InChI is InChI=1S/C22H30FN7O/c1-2-9-30-19-8-7-14(10-13(19)12-26-30)27-21-15(20(25)31)11-16(23)22(29-21)28-18-6-4-3-5-17(18)24/h7-8,10-12,16-18,22,28H,2-6,9,24H2,1H3,(H2,25,31)(H,27,29)/t16?,17-,18+,22?/m0/s1. The number of halogens is 1. The number of benzene rings is 1. The van der Waals surface area contributed by atoms with Crippen molar-refractivity contribution in [3.8, 4) is 0 Å². The van der Waals surface area contributed by atoms with Gasteiger partial charge in [0.1, 0.15) is 12.0 Å². The molecule has 2 heterocycles. The number of amides is 1. The molecule has 0 spiro atoms. The average molecular weight is 428 g/mol. The number of carbonyl (C=O) groups excluding carboxylic acids is 1. The normalized spacial score (nSPS) is 26.4. The van der Waals surface area contributed by atoms with Crippen molar-refractivity contribution in [2.45, 2.75) is 70.0 Å². The third-order valence-electron chi connectivity index (χ3n) is 5.96. The van der Waals surface area contributed by atoms with E-state index in [0.29, 0.717) is 0 Å². The fourth-order valence-electron chi connectivity index (χ4n) is 4.31. The van der Waals surface area contributed by atoms with Crippen molar-refractivity contribution in [2.75, 3.05) is 5.32 Å². The summed E-state index contributed by atoms with van der Waals surface area (Å²) in [6.07, 6.45) is 5.67. The van der Waals surface area contributed by atoms with Crippen molar-refractivity contribution in [2.24, 2.45) is 16.5 Å². The van der Waals surface area contributed by atoms with Crippen LogP contribution in [-0.4, -0.2) is 45.9 Å². The fourth-order valence-corrected chi connectivity index (χ4v) is 4.31. The zero-order valence-corrected chi connectivity index (χ0v) is 17.7. The molecule has 1 aromatic carbocycles. The molecule has 1 aliphatic heterocycles. The molecule has 1 fully saturated rings. The molecule has 1 amide bonds. The van der Waals surface area contributed by atoms with Crippen LogP contribution in [-0.2, 0) is 11.3 Å². The quantitative estimate of drug-likeness (QED) is 0.563. The molecule has 166 valence electrons. The molecule has 2 aromatic rings. The van der Waals surface area contributed by atoms with Gasteiger partial charge in [0.15, 0.2) is 6.17 Å². The lowest BCUT2D eigenvalue weighted by molar-refractivity contribution is -0.114. The van der Waals surface area contributed by atoms with E-state index in [1.54, 1.807) is 6.20 Å². The SMILES string of the molecule is CCCn1ncc2cc(NC3=NC(N[C@@H]4CCCC[C@@H]4N)C(F)C=C3C(N)=O)ccc21. The van der Waals surface area contributed by atoms with E-state index in [-0.39, 0.29) is 23.5 Å². The van der Waals surface area contributed by atoms with Crippen LogP contribution in [0.15, 0.2) is 41.0 Å². The summed E-state index contributed by atoms with van der Waals surface area (Å²) in [5.74, 6) is -0.470. The monoisotopic (exact) mass is 427 g/mol. The minimum absolute atomic E-state index is 0.00807. The highest BCUT2D eigenvalue weighted by Gasteiger charge is 2.32. The number of dihydropyridines is 1. The molecular weight excluding hydrogens is 397 g/mol. The Morgan fingerprint density at radius 2 is 2.13 bits per heavy atom. The van der Waals surface area contributed by atoms with Crippen LogP contribution in [0.2, 0.25) is 0 Å². The maximum atomic E-state index is 14.8.